The van der Waals surface area contributed by atoms with Crippen LogP contribution in [0.15, 0.2) is 53.4 Å². The van der Waals surface area contributed by atoms with E-state index in [1.54, 1.807) is 12.1 Å². The number of benzene rings is 2. The van der Waals surface area contributed by atoms with E-state index in [2.05, 4.69) is 22.2 Å². The van der Waals surface area contributed by atoms with Gasteiger partial charge in [0.15, 0.2) is 0 Å². The molecule has 2 aromatic rings. The van der Waals surface area contributed by atoms with Gasteiger partial charge in [-0.05, 0) is 55.6 Å². The summed E-state index contributed by atoms with van der Waals surface area (Å²) in [7, 11) is 1.24. The van der Waals surface area contributed by atoms with Gasteiger partial charge in [-0.1, -0.05) is 0 Å². The third kappa shape index (κ3) is 5.29. The van der Waals surface area contributed by atoms with Gasteiger partial charge < -0.3 is 19.9 Å². The zero-order chi connectivity index (χ0) is 21.7. The third-order valence-corrected chi connectivity index (χ3v) is 6.97. The summed E-state index contributed by atoms with van der Waals surface area (Å²) in [5, 5.41) is 2.76. The molecule has 1 saturated heterocycles. The van der Waals surface area contributed by atoms with Crippen LogP contribution in [0.2, 0.25) is 0 Å². The van der Waals surface area contributed by atoms with Crippen LogP contribution in [-0.2, 0) is 14.8 Å². The first-order chi connectivity index (χ1) is 14.3. The number of anilines is 2. The van der Waals surface area contributed by atoms with Crippen molar-refractivity contribution in [2.24, 2.45) is 0 Å². The highest BCUT2D eigenvalue weighted by Crippen LogP contribution is 2.20. The Bertz CT molecular complexity index is 954. The molecule has 2 aromatic carbocycles. The number of carbonyl (C=O) groups excluding carboxylic acids is 1. The Morgan fingerprint density at radius 2 is 1.63 bits per heavy atom. The summed E-state index contributed by atoms with van der Waals surface area (Å²) >= 11 is 0. The number of methoxy groups -OCH3 is 1. The van der Waals surface area contributed by atoms with E-state index in [4.69, 9.17) is 4.74 Å². The minimum atomic E-state index is -3.77. The molecule has 0 saturated carbocycles. The lowest BCUT2D eigenvalue weighted by Crippen LogP contribution is -2.44. The van der Waals surface area contributed by atoms with Crippen LogP contribution in [0.3, 0.4) is 0 Å². The van der Waals surface area contributed by atoms with E-state index in [0.717, 1.165) is 36.2 Å². The summed E-state index contributed by atoms with van der Waals surface area (Å²) in [6, 6.07) is 13.7. The standard InChI is InChI=1S/C21H28N4O4S/c1-23-12-14-25(15-13-23)18-6-4-17(5-7-18)22-21(26)16-24(2)30(27,28)20-10-8-19(29-3)9-11-20/h4-11H,12-16H2,1-3H3,(H,22,26). The fourth-order valence-electron chi connectivity index (χ4n) is 3.24. The number of likely N-dealkylation sites (N-methyl/N-ethyl adjacent to an activating group) is 2. The highest BCUT2D eigenvalue weighted by molar-refractivity contribution is 7.89. The van der Waals surface area contributed by atoms with Crippen molar-refractivity contribution in [1.82, 2.24) is 9.21 Å². The molecule has 1 amide bonds. The Morgan fingerprint density at radius 3 is 2.20 bits per heavy atom. The molecule has 0 aromatic heterocycles. The van der Waals surface area contributed by atoms with E-state index in [1.165, 1.54) is 26.3 Å². The van der Waals surface area contributed by atoms with Crippen molar-refractivity contribution in [1.29, 1.82) is 0 Å². The summed E-state index contributed by atoms with van der Waals surface area (Å²) in [6.45, 7) is 3.70. The van der Waals surface area contributed by atoms with Crippen molar-refractivity contribution < 1.29 is 17.9 Å². The van der Waals surface area contributed by atoms with Gasteiger partial charge in [0.2, 0.25) is 15.9 Å². The molecular weight excluding hydrogens is 404 g/mol. The lowest BCUT2D eigenvalue weighted by Gasteiger charge is -2.34. The number of sulfonamides is 1. The van der Waals surface area contributed by atoms with Crippen LogP contribution in [0.25, 0.3) is 0 Å². The van der Waals surface area contributed by atoms with E-state index < -0.39 is 15.9 Å². The minimum Gasteiger partial charge on any atom is -0.497 e. The fraction of sp³-hybridized carbons (Fsp3) is 0.381. The smallest absolute Gasteiger partial charge is 0.243 e. The number of hydrogen-bond donors (Lipinski definition) is 1. The van der Waals surface area contributed by atoms with Gasteiger partial charge in [-0.25, -0.2) is 8.42 Å². The van der Waals surface area contributed by atoms with E-state index in [1.807, 2.05) is 24.3 Å². The highest BCUT2D eigenvalue weighted by atomic mass is 32.2. The summed E-state index contributed by atoms with van der Waals surface area (Å²) < 4.78 is 31.4. The molecular formula is C21H28N4O4S. The SMILES string of the molecule is COc1ccc(S(=O)(=O)N(C)CC(=O)Nc2ccc(N3CCN(C)CC3)cc2)cc1. The molecule has 162 valence electrons. The van der Waals surface area contributed by atoms with Gasteiger partial charge in [0, 0.05) is 44.6 Å². The molecule has 30 heavy (non-hydrogen) atoms. The number of ether oxygens (including phenoxy) is 1. The van der Waals surface area contributed by atoms with E-state index in [-0.39, 0.29) is 11.4 Å². The van der Waals surface area contributed by atoms with Crippen molar-refractivity contribution in [3.63, 3.8) is 0 Å². The molecule has 8 nitrogen and oxygen atoms in total. The van der Waals surface area contributed by atoms with Gasteiger partial charge in [0.1, 0.15) is 5.75 Å². The molecule has 0 radical (unpaired) electrons. The van der Waals surface area contributed by atoms with Crippen molar-refractivity contribution >= 4 is 27.3 Å². The number of carbonyl (C=O) groups is 1. The molecule has 1 fully saturated rings. The predicted molar refractivity (Wildman–Crippen MR) is 118 cm³/mol. The first-order valence-corrected chi connectivity index (χ1v) is 11.2. The number of rotatable bonds is 7. The molecule has 0 spiro atoms. The lowest BCUT2D eigenvalue weighted by molar-refractivity contribution is -0.116. The largest absolute Gasteiger partial charge is 0.497 e. The van der Waals surface area contributed by atoms with Gasteiger partial charge >= 0.3 is 0 Å². The normalized spacial score (nSPS) is 15.3. The van der Waals surface area contributed by atoms with Crippen LogP contribution >= 0.6 is 0 Å². The maximum atomic E-state index is 12.7. The molecule has 1 aliphatic heterocycles. The van der Waals surface area contributed by atoms with Crippen molar-refractivity contribution in [3.8, 4) is 5.75 Å². The number of hydrogen-bond acceptors (Lipinski definition) is 6. The molecule has 0 atom stereocenters. The molecule has 1 aliphatic rings. The van der Waals surface area contributed by atoms with E-state index >= 15 is 0 Å². The highest BCUT2D eigenvalue weighted by Gasteiger charge is 2.23. The minimum absolute atomic E-state index is 0.107. The summed E-state index contributed by atoms with van der Waals surface area (Å²) in [6.07, 6.45) is 0. The zero-order valence-corrected chi connectivity index (χ0v) is 18.4. The average molecular weight is 433 g/mol. The van der Waals surface area contributed by atoms with Crippen LogP contribution in [0.4, 0.5) is 11.4 Å². The lowest BCUT2D eigenvalue weighted by atomic mass is 10.2. The van der Waals surface area contributed by atoms with Crippen LogP contribution in [0.5, 0.6) is 5.75 Å². The summed E-state index contributed by atoms with van der Waals surface area (Å²) in [5.41, 5.74) is 1.74. The molecule has 3 rings (SSSR count). The van der Waals surface area contributed by atoms with Gasteiger partial charge in [0.05, 0.1) is 18.6 Å². The maximum Gasteiger partial charge on any atom is 0.243 e. The Hall–Kier alpha value is -2.62. The Labute approximate surface area is 178 Å². The molecule has 0 aliphatic carbocycles. The third-order valence-electron chi connectivity index (χ3n) is 5.15. The maximum absolute atomic E-state index is 12.7. The van der Waals surface area contributed by atoms with Crippen LogP contribution in [-0.4, -0.2) is 77.5 Å². The molecule has 1 N–H and O–H groups in total. The monoisotopic (exact) mass is 432 g/mol. The zero-order valence-electron chi connectivity index (χ0n) is 17.5. The van der Waals surface area contributed by atoms with Gasteiger partial charge in [-0.3, -0.25) is 4.79 Å². The van der Waals surface area contributed by atoms with Gasteiger partial charge in [0.25, 0.3) is 0 Å². The van der Waals surface area contributed by atoms with Crippen LogP contribution < -0.4 is 15.0 Å². The molecule has 0 unspecified atom stereocenters. The quantitative estimate of drug-likeness (QED) is 0.717. The predicted octanol–water partition coefficient (Wildman–Crippen LogP) is 1.71. The van der Waals surface area contributed by atoms with Crippen molar-refractivity contribution in [3.05, 3.63) is 48.5 Å². The van der Waals surface area contributed by atoms with Crippen LogP contribution in [0, 0.1) is 0 Å². The van der Waals surface area contributed by atoms with Gasteiger partial charge in [-0.2, -0.15) is 4.31 Å². The second-order valence-electron chi connectivity index (χ2n) is 7.32. The van der Waals surface area contributed by atoms with Crippen molar-refractivity contribution in [2.75, 3.05) is 64.1 Å². The molecule has 9 heteroatoms. The Kier molecular flexibility index (Phi) is 6.96. The average Bonchev–Trinajstić information content (AvgIpc) is 2.75. The first kappa shape index (κ1) is 22.1. The Morgan fingerprint density at radius 1 is 1.03 bits per heavy atom. The van der Waals surface area contributed by atoms with Crippen molar-refractivity contribution in [2.45, 2.75) is 4.90 Å². The summed E-state index contributed by atoms with van der Waals surface area (Å²) in [5.74, 6) is 0.163. The fourth-order valence-corrected chi connectivity index (χ4v) is 4.36. The first-order valence-electron chi connectivity index (χ1n) is 9.73. The number of nitrogens with one attached hydrogen (secondary N) is 1. The van der Waals surface area contributed by atoms with E-state index in [9.17, 15) is 13.2 Å². The number of piperazine rings is 1. The topological polar surface area (TPSA) is 82.2 Å². The number of amides is 1. The Balaban J connectivity index is 1.57. The molecule has 0 bridgehead atoms. The van der Waals surface area contributed by atoms with Gasteiger partial charge in [-0.15, -0.1) is 0 Å². The second-order valence-corrected chi connectivity index (χ2v) is 9.37. The number of nitrogens with zero attached hydrogens (tertiary/aromatic N) is 3. The second kappa shape index (κ2) is 9.46. The molecule has 1 heterocycles. The van der Waals surface area contributed by atoms with Crippen LogP contribution in [0.1, 0.15) is 0 Å². The van der Waals surface area contributed by atoms with E-state index in [0.29, 0.717) is 11.4 Å². The summed E-state index contributed by atoms with van der Waals surface area (Å²) in [4.78, 5) is 17.1.